The van der Waals surface area contributed by atoms with Gasteiger partial charge in [0.1, 0.15) is 29.3 Å². The Kier molecular flexibility index (Phi) is 18.7. The Bertz CT molecular complexity index is 1770. The van der Waals surface area contributed by atoms with Gasteiger partial charge in [-0.3, -0.25) is 14.9 Å². The third-order valence-electron chi connectivity index (χ3n) is 8.62. The number of hydrogen-bond donors (Lipinski definition) is 5. The fraction of sp³-hybridized carbons (Fsp3) is 0.351. The number of hydrogen-bond acceptors (Lipinski definition) is 11. The molecular formula is C37H45Cl2N3O10S2. The second-order valence-electron chi connectivity index (χ2n) is 11.9. The van der Waals surface area contributed by atoms with Crippen molar-refractivity contribution in [3.8, 4) is 34.6 Å². The lowest BCUT2D eigenvalue weighted by atomic mass is 9.92. The van der Waals surface area contributed by atoms with Gasteiger partial charge in [-0.2, -0.15) is 37.0 Å². The van der Waals surface area contributed by atoms with Gasteiger partial charge in [-0.1, -0.05) is 59.6 Å². The molecule has 0 spiro atoms. The van der Waals surface area contributed by atoms with Crippen LogP contribution in [0.4, 0.5) is 0 Å². The normalized spacial score (nSPS) is 11.8. The number of carboxylic acids is 2. The number of benzene rings is 2. The number of aliphatic hydroxyl groups is 2. The quantitative estimate of drug-likeness (QED) is 0.0783. The van der Waals surface area contributed by atoms with Crippen molar-refractivity contribution in [2.45, 2.75) is 52.5 Å². The van der Waals surface area contributed by atoms with Crippen molar-refractivity contribution in [1.82, 2.24) is 15.3 Å². The van der Waals surface area contributed by atoms with Gasteiger partial charge in [0.05, 0.1) is 33.4 Å². The summed E-state index contributed by atoms with van der Waals surface area (Å²) in [6.07, 6.45) is 0.483. The summed E-state index contributed by atoms with van der Waals surface area (Å²) in [6.45, 7) is 3.30. The van der Waals surface area contributed by atoms with Crippen LogP contribution < -0.4 is 24.3 Å². The van der Waals surface area contributed by atoms with Gasteiger partial charge in [0.2, 0.25) is 23.5 Å². The minimum Gasteiger partial charge on any atom is -0.481 e. The number of carbonyl (C=O) groups is 2. The van der Waals surface area contributed by atoms with Crippen molar-refractivity contribution < 1.29 is 49.0 Å². The highest BCUT2D eigenvalue weighted by Gasteiger charge is 2.21. The Morgan fingerprint density at radius 1 is 0.722 bits per heavy atom. The van der Waals surface area contributed by atoms with Gasteiger partial charge in [-0.15, -0.1) is 0 Å². The van der Waals surface area contributed by atoms with Gasteiger partial charge < -0.3 is 39.4 Å². The zero-order valence-electron chi connectivity index (χ0n) is 30.1. The fourth-order valence-electron chi connectivity index (χ4n) is 5.49. The Morgan fingerprint density at radius 2 is 1.20 bits per heavy atom. The molecule has 294 valence electrons. The molecule has 0 radical (unpaired) electrons. The van der Waals surface area contributed by atoms with E-state index in [4.69, 9.17) is 42.1 Å². The van der Waals surface area contributed by atoms with E-state index in [0.29, 0.717) is 17.5 Å². The molecule has 0 unspecified atom stereocenters. The van der Waals surface area contributed by atoms with Crippen LogP contribution in [0.2, 0.25) is 10.0 Å². The third-order valence-corrected chi connectivity index (χ3v) is 9.16. The molecule has 4 rings (SSSR count). The molecule has 0 fully saturated rings. The molecule has 17 heteroatoms. The number of aliphatic carboxylic acids is 2. The molecule has 13 nitrogen and oxygen atoms in total. The molecule has 2 aromatic carbocycles. The topological polar surface area (TPSA) is 190 Å². The SMILES string of the molecule is COc1nc(OCc2cccc(-c3cccc(COc4nc(OC)c(CN[C@@H](CO)C(=O)O)cc4Cl)c3C)c2C)c(Cl)cc1CC[C@@H](CO)C(=O)O.S.S. The second-order valence-corrected chi connectivity index (χ2v) is 12.7. The first-order valence-electron chi connectivity index (χ1n) is 16.2. The number of pyridine rings is 2. The predicted octanol–water partition coefficient (Wildman–Crippen LogP) is 5.63. The molecule has 0 saturated carbocycles. The summed E-state index contributed by atoms with van der Waals surface area (Å²) in [5.41, 5.74) is 6.83. The summed E-state index contributed by atoms with van der Waals surface area (Å²) in [4.78, 5) is 31.4. The number of ether oxygens (including phenoxy) is 4. The van der Waals surface area contributed by atoms with E-state index in [0.717, 1.165) is 33.4 Å². The fourth-order valence-corrected chi connectivity index (χ4v) is 5.95. The van der Waals surface area contributed by atoms with Crippen molar-refractivity contribution in [3.63, 3.8) is 0 Å². The monoisotopic (exact) mass is 825 g/mol. The summed E-state index contributed by atoms with van der Waals surface area (Å²) in [5, 5.41) is 40.3. The molecule has 54 heavy (non-hydrogen) atoms. The molecule has 0 aliphatic carbocycles. The average molecular weight is 827 g/mol. The predicted molar refractivity (Wildman–Crippen MR) is 214 cm³/mol. The van der Waals surface area contributed by atoms with Crippen LogP contribution in [0.3, 0.4) is 0 Å². The van der Waals surface area contributed by atoms with Gasteiger partial charge in [-0.25, -0.2) is 0 Å². The molecule has 2 atom stereocenters. The van der Waals surface area contributed by atoms with E-state index in [1.54, 1.807) is 12.1 Å². The van der Waals surface area contributed by atoms with E-state index in [-0.39, 0.29) is 86.7 Å². The third kappa shape index (κ3) is 11.5. The largest absolute Gasteiger partial charge is 0.481 e. The molecular weight excluding hydrogens is 781 g/mol. The lowest BCUT2D eigenvalue weighted by molar-refractivity contribution is -0.143. The maximum absolute atomic E-state index is 11.3. The summed E-state index contributed by atoms with van der Waals surface area (Å²) in [6, 6.07) is 13.9. The smallest absolute Gasteiger partial charge is 0.323 e. The standard InChI is InChI=1S/C37H41Cl2N3O10.2H2S/c1-20-24(18-51-34-29(38)13-22(32(41-34)49-3)11-12-23(16-43)36(45)46)7-5-9-27(20)28-10-6-8-25(21(28)2)19-52-35-30(39)14-26(33(42-35)50-4)15-40-31(17-44)37(47)48;;/h5-10,13-14,23,31,40,43-44H,11-12,15-19H2,1-4H3,(H,45,46)(H,47,48);2*1H2/t23-,31-;;/m0../s1. The van der Waals surface area contributed by atoms with E-state index in [9.17, 15) is 30.0 Å². The number of aromatic nitrogens is 2. The number of halogens is 2. The van der Waals surface area contributed by atoms with Crippen LogP contribution in [0.15, 0.2) is 48.5 Å². The van der Waals surface area contributed by atoms with Crippen LogP contribution in [0, 0.1) is 19.8 Å². The van der Waals surface area contributed by atoms with Gasteiger partial charge in [0.15, 0.2) is 0 Å². The van der Waals surface area contributed by atoms with Crippen molar-refractivity contribution in [2.75, 3.05) is 27.4 Å². The molecule has 0 amide bonds. The van der Waals surface area contributed by atoms with Gasteiger partial charge in [0, 0.05) is 17.7 Å². The maximum Gasteiger partial charge on any atom is 0.323 e. The van der Waals surface area contributed by atoms with Crippen molar-refractivity contribution >= 4 is 62.1 Å². The zero-order chi connectivity index (χ0) is 37.9. The van der Waals surface area contributed by atoms with Crippen LogP contribution in [0.5, 0.6) is 23.5 Å². The maximum atomic E-state index is 11.3. The number of methoxy groups -OCH3 is 2. The van der Waals surface area contributed by atoms with E-state index in [1.165, 1.54) is 14.2 Å². The van der Waals surface area contributed by atoms with Crippen LogP contribution in [0.25, 0.3) is 11.1 Å². The summed E-state index contributed by atoms with van der Waals surface area (Å²) >= 11 is 13.0. The van der Waals surface area contributed by atoms with Crippen LogP contribution in [0.1, 0.15) is 39.8 Å². The first-order valence-corrected chi connectivity index (χ1v) is 17.0. The molecule has 5 N–H and O–H groups in total. The first kappa shape index (κ1) is 46.2. The number of aliphatic hydroxyl groups excluding tert-OH is 2. The molecule has 4 aromatic rings. The van der Waals surface area contributed by atoms with Crippen molar-refractivity contribution in [1.29, 1.82) is 0 Å². The lowest BCUT2D eigenvalue weighted by Gasteiger charge is -2.18. The van der Waals surface area contributed by atoms with Gasteiger partial charge in [0.25, 0.3) is 0 Å². The molecule has 2 heterocycles. The molecule has 2 aromatic heterocycles. The number of nitrogens with zero attached hydrogens (tertiary/aromatic N) is 2. The van der Waals surface area contributed by atoms with Crippen LogP contribution in [-0.2, 0) is 35.8 Å². The van der Waals surface area contributed by atoms with Crippen LogP contribution >= 0.6 is 50.2 Å². The first-order chi connectivity index (χ1) is 24.9. The minimum absolute atomic E-state index is 0. The Hall–Kier alpha value is -3.96. The average Bonchev–Trinajstić information content (AvgIpc) is 3.12. The Morgan fingerprint density at radius 3 is 1.63 bits per heavy atom. The molecule has 0 aliphatic heterocycles. The number of carboxylic acid groups (broad SMARTS) is 2. The Balaban J connectivity index is 0.00000504. The molecule has 0 saturated heterocycles. The Labute approximate surface area is 337 Å². The van der Waals surface area contributed by atoms with E-state index in [2.05, 4.69) is 15.3 Å². The summed E-state index contributed by atoms with van der Waals surface area (Å²) in [7, 11) is 2.88. The molecule has 0 bridgehead atoms. The van der Waals surface area contributed by atoms with Crippen molar-refractivity contribution in [2.24, 2.45) is 5.92 Å². The highest BCUT2D eigenvalue weighted by Crippen LogP contribution is 2.35. The minimum atomic E-state index is -1.19. The molecule has 0 aliphatic rings. The van der Waals surface area contributed by atoms with Gasteiger partial charge >= 0.3 is 11.9 Å². The zero-order valence-corrected chi connectivity index (χ0v) is 33.6. The number of nitrogens with one attached hydrogen (secondary N) is 1. The van der Waals surface area contributed by atoms with E-state index in [1.807, 2.05) is 50.2 Å². The van der Waals surface area contributed by atoms with E-state index < -0.39 is 37.1 Å². The second kappa shape index (κ2) is 21.8. The number of aryl methyl sites for hydroxylation is 1. The number of rotatable bonds is 19. The highest BCUT2D eigenvalue weighted by molar-refractivity contribution is 7.59. The highest BCUT2D eigenvalue weighted by atomic mass is 35.5. The van der Waals surface area contributed by atoms with Gasteiger partial charge in [-0.05, 0) is 72.2 Å². The van der Waals surface area contributed by atoms with Crippen molar-refractivity contribution in [3.05, 3.63) is 92.0 Å². The summed E-state index contributed by atoms with van der Waals surface area (Å²) < 4.78 is 22.9. The van der Waals surface area contributed by atoms with Crippen LogP contribution in [-0.4, -0.2) is 75.8 Å². The van der Waals surface area contributed by atoms with E-state index >= 15 is 0 Å². The summed E-state index contributed by atoms with van der Waals surface area (Å²) in [5.74, 6) is -2.40. The lowest BCUT2D eigenvalue weighted by Crippen LogP contribution is -2.39.